The van der Waals surface area contributed by atoms with Crippen molar-refractivity contribution in [3.05, 3.63) is 85.1 Å². The highest BCUT2D eigenvalue weighted by atomic mass is 31.2. The van der Waals surface area contributed by atoms with Gasteiger partial charge in [0.2, 0.25) is 0 Å². The van der Waals surface area contributed by atoms with Crippen LogP contribution in [0.1, 0.15) is 174 Å². The molecule has 346 valence electrons. The van der Waals surface area contributed by atoms with Gasteiger partial charge in [0.05, 0.1) is 34.4 Å². The van der Waals surface area contributed by atoms with Crippen molar-refractivity contribution in [2.45, 2.75) is 180 Å². The Balaban J connectivity index is 4.29. The summed E-state index contributed by atoms with van der Waals surface area (Å²) in [5.41, 5.74) is 0. The van der Waals surface area contributed by atoms with E-state index in [0.717, 1.165) is 70.6 Å². The third-order valence-electron chi connectivity index (χ3n) is 9.68. The molecule has 2 atom stereocenters. The van der Waals surface area contributed by atoms with Crippen molar-refractivity contribution in [1.29, 1.82) is 0 Å². The van der Waals surface area contributed by atoms with Gasteiger partial charge in [-0.1, -0.05) is 163 Å². The third kappa shape index (κ3) is 46.7. The van der Waals surface area contributed by atoms with Crippen LogP contribution in [0.25, 0.3) is 0 Å². The first-order valence-electron chi connectivity index (χ1n) is 23.8. The van der Waals surface area contributed by atoms with Gasteiger partial charge in [-0.25, -0.2) is 0 Å². The van der Waals surface area contributed by atoms with Crippen molar-refractivity contribution < 1.29 is 37.3 Å². The smallest absolute Gasteiger partial charge is 0.306 e. The zero-order valence-electron chi connectivity index (χ0n) is 39.1. The number of nitrogens with zero attached hydrogens (tertiary/aromatic N) is 1. The first-order chi connectivity index (χ1) is 29.1. The largest absolute Gasteiger partial charge is 0.756 e. The number of likely N-dealkylation sites (N-methyl/N-ethyl adjacent to an activating group) is 1. The first-order valence-corrected chi connectivity index (χ1v) is 25.3. The fourth-order valence-corrected chi connectivity index (χ4v) is 6.74. The molecule has 0 aromatic carbocycles. The summed E-state index contributed by atoms with van der Waals surface area (Å²) >= 11 is 0. The highest BCUT2D eigenvalue weighted by Crippen LogP contribution is 2.38. The molecule has 0 aromatic rings. The Morgan fingerprint density at radius 2 is 0.967 bits per heavy atom. The minimum atomic E-state index is -4.54. The molecule has 0 amide bonds. The quantitative estimate of drug-likeness (QED) is 0.0198. The highest BCUT2D eigenvalue weighted by Gasteiger charge is 2.20. The molecular formula is C51H90NO7P. The molecule has 0 aliphatic carbocycles. The Bertz CT molecular complexity index is 1230. The van der Waals surface area contributed by atoms with Crippen LogP contribution in [-0.4, -0.2) is 70.7 Å². The van der Waals surface area contributed by atoms with E-state index in [1.54, 1.807) is 0 Å². The van der Waals surface area contributed by atoms with Crippen LogP contribution >= 0.6 is 7.82 Å². The molecule has 8 nitrogen and oxygen atoms in total. The van der Waals surface area contributed by atoms with E-state index in [9.17, 15) is 14.3 Å². The summed E-state index contributed by atoms with van der Waals surface area (Å²) in [7, 11) is 1.32. The first kappa shape index (κ1) is 57.7. The number of ether oxygens (including phenoxy) is 2. The van der Waals surface area contributed by atoms with E-state index >= 15 is 0 Å². The van der Waals surface area contributed by atoms with E-state index in [1.807, 2.05) is 21.1 Å². The molecule has 0 spiro atoms. The number of quaternary nitrogens is 1. The second-order valence-electron chi connectivity index (χ2n) is 16.7. The monoisotopic (exact) mass is 860 g/mol. The molecule has 0 aliphatic heterocycles. The minimum absolute atomic E-state index is 0.0135. The van der Waals surface area contributed by atoms with Crippen molar-refractivity contribution in [2.75, 3.05) is 54.1 Å². The van der Waals surface area contributed by atoms with Gasteiger partial charge in [-0.3, -0.25) is 9.36 Å². The maximum absolute atomic E-state index is 12.7. The van der Waals surface area contributed by atoms with Crippen LogP contribution in [-0.2, 0) is 27.9 Å². The average Bonchev–Trinajstić information content (AvgIpc) is 3.20. The number of allylic oxidation sites excluding steroid dienone is 14. The van der Waals surface area contributed by atoms with Gasteiger partial charge in [0.25, 0.3) is 7.82 Å². The fraction of sp³-hybridized carbons (Fsp3) is 0.706. The molecule has 0 fully saturated rings. The van der Waals surface area contributed by atoms with Crippen molar-refractivity contribution in [2.24, 2.45) is 0 Å². The molecule has 0 saturated heterocycles. The zero-order valence-corrected chi connectivity index (χ0v) is 40.0. The maximum atomic E-state index is 12.7. The number of rotatable bonds is 43. The van der Waals surface area contributed by atoms with Gasteiger partial charge in [0.15, 0.2) is 0 Å². The molecule has 0 heterocycles. The number of phosphoric acid groups is 1. The van der Waals surface area contributed by atoms with E-state index < -0.39 is 13.9 Å². The van der Waals surface area contributed by atoms with E-state index in [4.69, 9.17) is 18.5 Å². The van der Waals surface area contributed by atoms with Gasteiger partial charge in [-0.2, -0.15) is 0 Å². The SMILES string of the molecule is CC/C=C\C/C=C\C/C=C\C/C=C\C/C=C\CCCCCC(=O)OC(COCCCCCCCCCC/C=C\C/C=C\CCCCCC)COP(=O)([O-])OCC[N+](C)(C)C. The van der Waals surface area contributed by atoms with Crippen molar-refractivity contribution >= 4 is 13.8 Å². The van der Waals surface area contributed by atoms with E-state index in [2.05, 4.69) is 98.9 Å². The van der Waals surface area contributed by atoms with Gasteiger partial charge < -0.3 is 27.9 Å². The lowest BCUT2D eigenvalue weighted by atomic mass is 10.1. The molecule has 9 heteroatoms. The Hall–Kier alpha value is -2.32. The lowest BCUT2D eigenvalue weighted by Crippen LogP contribution is -2.37. The van der Waals surface area contributed by atoms with Crippen LogP contribution in [0.5, 0.6) is 0 Å². The van der Waals surface area contributed by atoms with Gasteiger partial charge in [0, 0.05) is 13.0 Å². The Morgan fingerprint density at radius 1 is 0.533 bits per heavy atom. The van der Waals surface area contributed by atoms with Crippen molar-refractivity contribution in [3.8, 4) is 0 Å². The number of hydrogen-bond donors (Lipinski definition) is 0. The summed E-state index contributed by atoms with van der Waals surface area (Å²) in [4.78, 5) is 25.1. The molecular weight excluding hydrogens is 770 g/mol. The van der Waals surface area contributed by atoms with Crippen LogP contribution in [0.15, 0.2) is 85.1 Å². The van der Waals surface area contributed by atoms with Crippen LogP contribution in [0, 0.1) is 0 Å². The summed E-state index contributed by atoms with van der Waals surface area (Å²) in [6, 6.07) is 0. The molecule has 0 aliphatic rings. The molecule has 2 unspecified atom stereocenters. The minimum Gasteiger partial charge on any atom is -0.756 e. The van der Waals surface area contributed by atoms with Crippen molar-refractivity contribution in [3.63, 3.8) is 0 Å². The molecule has 60 heavy (non-hydrogen) atoms. The van der Waals surface area contributed by atoms with E-state index in [0.29, 0.717) is 24.1 Å². The van der Waals surface area contributed by atoms with Crippen molar-refractivity contribution in [1.82, 2.24) is 0 Å². The summed E-state index contributed by atoms with van der Waals surface area (Å²) in [6.07, 6.45) is 57.4. The standard InChI is InChI=1S/C51H90NO7P/c1-6-8-10-12-14-16-18-20-22-24-26-28-30-32-34-36-38-40-42-44-51(53)59-50(49-58-60(54,55)57-47-45-52(3,4)5)48-56-46-43-41-39-37-35-33-31-29-27-25-23-21-19-17-15-13-11-9-7-2/h8,10,14,16-17,19-20,22-23,25-26,28,32,34,50H,6-7,9,11-13,15,18,21,24,27,29-31,33,35-49H2,1-5H3/b10-8-,16-14-,19-17-,22-20-,25-23-,28-26-,34-32-. The predicted molar refractivity (Wildman–Crippen MR) is 254 cm³/mol. The summed E-state index contributed by atoms with van der Waals surface area (Å²) in [5, 5.41) is 0. The second kappa shape index (κ2) is 43.3. The van der Waals surface area contributed by atoms with E-state index in [-0.39, 0.29) is 32.2 Å². The predicted octanol–water partition coefficient (Wildman–Crippen LogP) is 13.8. The number of esters is 1. The Morgan fingerprint density at radius 3 is 1.45 bits per heavy atom. The lowest BCUT2D eigenvalue weighted by Gasteiger charge is -2.28. The van der Waals surface area contributed by atoms with Gasteiger partial charge in [-0.15, -0.1) is 0 Å². The molecule has 0 N–H and O–H groups in total. The number of carbonyl (C=O) groups is 1. The summed E-state index contributed by atoms with van der Waals surface area (Å²) in [5.74, 6) is -0.370. The van der Waals surface area contributed by atoms with Gasteiger partial charge >= 0.3 is 5.97 Å². The normalized spacial score (nSPS) is 14.4. The Kier molecular flexibility index (Phi) is 41.7. The molecule has 0 rings (SSSR count). The Labute approximate surface area is 369 Å². The molecule has 0 aromatic heterocycles. The second-order valence-corrected chi connectivity index (χ2v) is 18.1. The molecule has 0 bridgehead atoms. The number of unbranched alkanes of at least 4 members (excludes halogenated alkanes) is 15. The topological polar surface area (TPSA) is 94.1 Å². The molecule has 0 radical (unpaired) electrons. The average molecular weight is 860 g/mol. The van der Waals surface area contributed by atoms with Crippen LogP contribution in [0.2, 0.25) is 0 Å². The number of carbonyl (C=O) groups excluding carboxylic acids is 1. The highest BCUT2D eigenvalue weighted by molar-refractivity contribution is 7.45. The third-order valence-corrected chi connectivity index (χ3v) is 10.6. The van der Waals surface area contributed by atoms with Crippen LogP contribution in [0.4, 0.5) is 0 Å². The number of hydrogen-bond acceptors (Lipinski definition) is 7. The molecule has 0 saturated carbocycles. The lowest BCUT2D eigenvalue weighted by molar-refractivity contribution is -0.870. The van der Waals surface area contributed by atoms with Gasteiger partial charge in [0.1, 0.15) is 19.3 Å². The fourth-order valence-electron chi connectivity index (χ4n) is 6.01. The summed E-state index contributed by atoms with van der Waals surface area (Å²) in [6.45, 7) is 5.21. The van der Waals surface area contributed by atoms with Crippen LogP contribution < -0.4 is 4.89 Å². The van der Waals surface area contributed by atoms with E-state index in [1.165, 1.54) is 77.0 Å². The zero-order chi connectivity index (χ0) is 44.1. The maximum Gasteiger partial charge on any atom is 0.306 e. The van der Waals surface area contributed by atoms with Crippen LogP contribution in [0.3, 0.4) is 0 Å². The summed E-state index contributed by atoms with van der Waals surface area (Å²) < 4.78 is 34.6. The number of phosphoric ester groups is 1. The van der Waals surface area contributed by atoms with Gasteiger partial charge in [-0.05, 0) is 89.9 Å².